The highest BCUT2D eigenvalue weighted by atomic mass is 16.6. The Labute approximate surface area is 240 Å². The monoisotopic (exact) mass is 558 g/mol. The van der Waals surface area contributed by atoms with E-state index < -0.39 is 6.10 Å². The number of benzene rings is 2. The molecule has 3 aliphatic rings. The summed E-state index contributed by atoms with van der Waals surface area (Å²) in [6, 6.07) is 15.9. The van der Waals surface area contributed by atoms with Crippen molar-refractivity contribution in [3.8, 4) is 11.5 Å². The zero-order valence-electron chi connectivity index (χ0n) is 25.2. The molecule has 0 amide bonds. The van der Waals surface area contributed by atoms with E-state index in [4.69, 9.17) is 23.7 Å². The van der Waals surface area contributed by atoms with Gasteiger partial charge in [-0.05, 0) is 76.9 Å². The largest absolute Gasteiger partial charge is 0.491 e. The number of aryl methyl sites for hydroxylation is 2. The Morgan fingerprint density at radius 1 is 0.850 bits per heavy atom. The quantitative estimate of drug-likeness (QED) is 0.471. The second kappa shape index (κ2) is 16.9. The minimum atomic E-state index is -0.479. The predicted molar refractivity (Wildman–Crippen MR) is 158 cm³/mol. The van der Waals surface area contributed by atoms with Gasteiger partial charge < -0.3 is 34.1 Å². The molecule has 0 spiro atoms. The maximum atomic E-state index is 10.1. The van der Waals surface area contributed by atoms with Gasteiger partial charge in [-0.15, -0.1) is 0 Å². The van der Waals surface area contributed by atoms with Crippen molar-refractivity contribution in [3.63, 3.8) is 0 Å². The lowest BCUT2D eigenvalue weighted by atomic mass is 10.2. The number of β-amino-alcohol motifs (C(OH)–C–C–N with tert-alkyl or cyclic N) is 1. The number of morpholine rings is 2. The minimum absolute atomic E-state index is 0.226. The van der Waals surface area contributed by atoms with Crippen molar-refractivity contribution in [3.05, 3.63) is 59.7 Å². The molecule has 3 heterocycles. The van der Waals surface area contributed by atoms with E-state index in [9.17, 15) is 5.11 Å². The maximum absolute atomic E-state index is 10.1. The summed E-state index contributed by atoms with van der Waals surface area (Å²) in [7, 11) is 0. The molecule has 2 N–H and O–H groups in total. The standard InChI is InChI=1S/C16H25NO3.C10H12O2.C6H13NO/c1-12-5-4-6-16(7-12)19-11-15(18)10-17-8-13(2)20-14(3)9-17;1-8-3-2-4-9(5-8)11-6-10-7-12-10;1-5-3-7-4-6(2)8-5/h4-7,13-15,18H,8-11H2,1-3H3;2-5,10H,6-7H2,1H3;5-7H,3-4H2,1-2H3. The maximum Gasteiger partial charge on any atom is 0.119 e. The second-order valence-electron chi connectivity index (χ2n) is 11.3. The van der Waals surface area contributed by atoms with Gasteiger partial charge in [0.05, 0.1) is 31.0 Å². The molecule has 6 atom stereocenters. The van der Waals surface area contributed by atoms with Crippen LogP contribution in [0.2, 0.25) is 0 Å². The van der Waals surface area contributed by atoms with Crippen LogP contribution in [0.15, 0.2) is 48.5 Å². The molecule has 5 rings (SSSR count). The van der Waals surface area contributed by atoms with Crippen LogP contribution in [0.5, 0.6) is 11.5 Å². The number of nitrogens with one attached hydrogen (secondary N) is 1. The number of ether oxygens (including phenoxy) is 5. The van der Waals surface area contributed by atoms with E-state index in [0.717, 1.165) is 49.8 Å². The number of nitrogens with zero attached hydrogens (tertiary/aromatic N) is 1. The first-order valence-corrected chi connectivity index (χ1v) is 14.6. The SMILES string of the molecule is CC1CNCC(C)O1.Cc1cccc(OCC(O)CN2CC(C)OC(C)C2)c1.Cc1cccc(OCC2CO2)c1. The Kier molecular flexibility index (Phi) is 13.7. The van der Waals surface area contributed by atoms with Crippen molar-refractivity contribution < 1.29 is 28.8 Å². The zero-order valence-corrected chi connectivity index (χ0v) is 25.2. The highest BCUT2D eigenvalue weighted by molar-refractivity contribution is 5.28. The lowest BCUT2D eigenvalue weighted by Crippen LogP contribution is -2.48. The van der Waals surface area contributed by atoms with E-state index in [1.54, 1.807) is 0 Å². The normalized spacial score (nSPS) is 26.8. The molecule has 2 aromatic rings. The predicted octanol–water partition coefficient (Wildman–Crippen LogP) is 4.00. The van der Waals surface area contributed by atoms with E-state index >= 15 is 0 Å². The van der Waals surface area contributed by atoms with Crippen molar-refractivity contribution >= 4 is 0 Å². The molecule has 3 fully saturated rings. The number of aliphatic hydroxyl groups excluding tert-OH is 1. The van der Waals surface area contributed by atoms with Gasteiger partial charge in [0, 0.05) is 32.7 Å². The van der Waals surface area contributed by atoms with Crippen LogP contribution >= 0.6 is 0 Å². The summed E-state index contributed by atoms with van der Waals surface area (Å²) in [5, 5.41) is 13.4. The number of hydrogen-bond donors (Lipinski definition) is 2. The first-order chi connectivity index (χ1) is 19.2. The lowest BCUT2D eigenvalue weighted by Gasteiger charge is -2.36. The molecule has 8 nitrogen and oxygen atoms in total. The van der Waals surface area contributed by atoms with Gasteiger partial charge >= 0.3 is 0 Å². The molecular formula is C32H50N2O6. The van der Waals surface area contributed by atoms with E-state index in [1.807, 2.05) is 49.4 Å². The van der Waals surface area contributed by atoms with Crippen LogP contribution in [0.3, 0.4) is 0 Å². The minimum Gasteiger partial charge on any atom is -0.491 e. The molecule has 3 aliphatic heterocycles. The van der Waals surface area contributed by atoms with Gasteiger partial charge in [-0.2, -0.15) is 0 Å². The van der Waals surface area contributed by atoms with E-state index in [-0.39, 0.29) is 12.2 Å². The number of hydrogen-bond acceptors (Lipinski definition) is 8. The molecule has 3 saturated heterocycles. The topological polar surface area (TPSA) is 85.0 Å². The van der Waals surface area contributed by atoms with Crippen LogP contribution in [0.25, 0.3) is 0 Å². The molecule has 6 unspecified atom stereocenters. The fourth-order valence-electron chi connectivity index (χ4n) is 4.72. The molecular weight excluding hydrogens is 508 g/mol. The van der Waals surface area contributed by atoms with Gasteiger partial charge in [0.1, 0.15) is 36.9 Å². The third kappa shape index (κ3) is 13.4. The van der Waals surface area contributed by atoms with Crippen molar-refractivity contribution in [2.45, 2.75) is 78.2 Å². The molecule has 2 aromatic carbocycles. The Morgan fingerprint density at radius 2 is 1.38 bits per heavy atom. The average Bonchev–Trinajstić information content (AvgIpc) is 3.71. The fraction of sp³-hybridized carbons (Fsp3) is 0.625. The van der Waals surface area contributed by atoms with Crippen molar-refractivity contribution in [2.24, 2.45) is 0 Å². The van der Waals surface area contributed by atoms with Crippen LogP contribution < -0.4 is 14.8 Å². The smallest absolute Gasteiger partial charge is 0.119 e. The summed E-state index contributed by atoms with van der Waals surface area (Å²) in [5.41, 5.74) is 2.39. The van der Waals surface area contributed by atoms with Crippen LogP contribution in [0, 0.1) is 13.8 Å². The van der Waals surface area contributed by atoms with Gasteiger partial charge in [0.25, 0.3) is 0 Å². The second-order valence-corrected chi connectivity index (χ2v) is 11.3. The van der Waals surface area contributed by atoms with Gasteiger partial charge in [-0.25, -0.2) is 0 Å². The van der Waals surface area contributed by atoms with E-state index in [2.05, 4.69) is 50.9 Å². The zero-order chi connectivity index (χ0) is 28.9. The molecule has 0 aromatic heterocycles. The summed E-state index contributed by atoms with van der Waals surface area (Å²) in [6.07, 6.45) is 1.11. The highest BCUT2D eigenvalue weighted by Crippen LogP contribution is 2.16. The van der Waals surface area contributed by atoms with Gasteiger partial charge in [-0.3, -0.25) is 4.90 Å². The molecule has 0 radical (unpaired) electrons. The van der Waals surface area contributed by atoms with Gasteiger partial charge in [0.2, 0.25) is 0 Å². The first-order valence-electron chi connectivity index (χ1n) is 14.6. The molecule has 8 heteroatoms. The Bertz CT molecular complexity index is 969. The number of epoxide rings is 1. The third-order valence-corrected chi connectivity index (χ3v) is 6.55. The van der Waals surface area contributed by atoms with Crippen LogP contribution in [0.1, 0.15) is 38.8 Å². The lowest BCUT2D eigenvalue weighted by molar-refractivity contribution is -0.0786. The Hall–Kier alpha value is -2.20. The number of aliphatic hydroxyl groups is 1. The number of rotatable bonds is 8. The van der Waals surface area contributed by atoms with Crippen molar-refractivity contribution in [2.75, 3.05) is 52.5 Å². The third-order valence-electron chi connectivity index (χ3n) is 6.55. The Morgan fingerprint density at radius 3 is 1.85 bits per heavy atom. The molecule has 0 bridgehead atoms. The average molecular weight is 559 g/mol. The van der Waals surface area contributed by atoms with Crippen molar-refractivity contribution in [1.29, 1.82) is 0 Å². The summed E-state index contributed by atoms with van der Waals surface area (Å²) in [5.74, 6) is 1.75. The summed E-state index contributed by atoms with van der Waals surface area (Å²) in [4.78, 5) is 2.24. The van der Waals surface area contributed by atoms with Gasteiger partial charge in [-0.1, -0.05) is 24.3 Å². The summed E-state index contributed by atoms with van der Waals surface area (Å²) >= 11 is 0. The van der Waals surface area contributed by atoms with Crippen LogP contribution in [-0.4, -0.2) is 99.2 Å². The van der Waals surface area contributed by atoms with Crippen molar-refractivity contribution in [1.82, 2.24) is 10.2 Å². The summed E-state index contributed by atoms with van der Waals surface area (Å²) in [6.45, 7) is 18.6. The van der Waals surface area contributed by atoms with E-state index in [0.29, 0.717) is 38.1 Å². The van der Waals surface area contributed by atoms with Crippen LogP contribution in [-0.2, 0) is 14.2 Å². The van der Waals surface area contributed by atoms with E-state index in [1.165, 1.54) is 5.56 Å². The Balaban J connectivity index is 0.000000185. The highest BCUT2D eigenvalue weighted by Gasteiger charge is 2.24. The van der Waals surface area contributed by atoms with Gasteiger partial charge in [0.15, 0.2) is 0 Å². The fourth-order valence-corrected chi connectivity index (χ4v) is 4.72. The molecule has 0 aliphatic carbocycles. The van der Waals surface area contributed by atoms with Crippen LogP contribution in [0.4, 0.5) is 0 Å². The molecule has 224 valence electrons. The summed E-state index contributed by atoms with van der Waals surface area (Å²) < 4.78 is 27.3. The first kappa shape index (κ1) is 32.3. The molecule has 0 saturated carbocycles. The molecule has 40 heavy (non-hydrogen) atoms.